The van der Waals surface area contributed by atoms with Crippen LogP contribution in [0.15, 0.2) is 12.3 Å². The molecule has 1 heterocycles. The largest absolute Gasteiger partial charge is 0.348 e. The number of aromatic nitrogens is 1. The average Bonchev–Trinajstić information content (AvgIpc) is 2.94. The third-order valence-corrected chi connectivity index (χ3v) is 5.57. The zero-order valence-electron chi connectivity index (χ0n) is 10.6. The van der Waals surface area contributed by atoms with Gasteiger partial charge in [-0.25, -0.2) is 0 Å². The van der Waals surface area contributed by atoms with Crippen LogP contribution in [0.2, 0.25) is 0 Å². The van der Waals surface area contributed by atoms with Crippen molar-refractivity contribution in [1.82, 2.24) is 4.57 Å². The van der Waals surface area contributed by atoms with Crippen LogP contribution in [0.3, 0.4) is 0 Å². The summed E-state index contributed by atoms with van der Waals surface area (Å²) >= 11 is 2.03. The van der Waals surface area contributed by atoms with Crippen LogP contribution in [-0.2, 0) is 6.42 Å². The Labute approximate surface area is 108 Å². The predicted molar refractivity (Wildman–Crippen MR) is 74.5 cm³/mol. The lowest BCUT2D eigenvalue weighted by Gasteiger charge is -2.23. The molecule has 2 N–H and O–H groups in total. The highest BCUT2D eigenvalue weighted by Crippen LogP contribution is 2.39. The number of fused-ring (bicyclic) bond motifs is 1. The summed E-state index contributed by atoms with van der Waals surface area (Å²) in [6.07, 6.45) is 12.3. The minimum Gasteiger partial charge on any atom is -0.348 e. The fourth-order valence-electron chi connectivity index (χ4n) is 3.48. The SMILES string of the molecule is CSC1CCC(n2ccc3c2CCCC3N)C1. The van der Waals surface area contributed by atoms with E-state index in [1.807, 2.05) is 11.8 Å². The molecule has 94 valence electrons. The van der Waals surface area contributed by atoms with Crippen molar-refractivity contribution in [3.63, 3.8) is 0 Å². The van der Waals surface area contributed by atoms with Crippen molar-refractivity contribution in [2.75, 3.05) is 6.26 Å². The zero-order valence-corrected chi connectivity index (χ0v) is 11.4. The minimum atomic E-state index is 0.290. The fraction of sp³-hybridized carbons (Fsp3) is 0.714. The highest BCUT2D eigenvalue weighted by molar-refractivity contribution is 7.99. The third kappa shape index (κ3) is 2.04. The summed E-state index contributed by atoms with van der Waals surface area (Å²) in [5, 5.41) is 0.871. The fourth-order valence-corrected chi connectivity index (χ4v) is 4.26. The molecule has 3 heteroatoms. The number of nitrogens with zero attached hydrogens (tertiary/aromatic N) is 1. The van der Waals surface area contributed by atoms with E-state index in [1.165, 1.54) is 43.4 Å². The topological polar surface area (TPSA) is 30.9 Å². The summed E-state index contributed by atoms with van der Waals surface area (Å²) in [5.74, 6) is 0. The molecule has 1 fully saturated rings. The van der Waals surface area contributed by atoms with Crippen molar-refractivity contribution in [2.45, 2.75) is 55.9 Å². The Hall–Kier alpha value is -0.410. The van der Waals surface area contributed by atoms with Crippen LogP contribution in [-0.4, -0.2) is 16.1 Å². The standard InChI is InChI=1S/C14H22N2S/c1-17-11-6-5-10(9-11)16-8-7-12-13(15)3-2-4-14(12)16/h7-8,10-11,13H,2-6,9,15H2,1H3. The van der Waals surface area contributed by atoms with Crippen molar-refractivity contribution in [3.8, 4) is 0 Å². The third-order valence-electron chi connectivity index (χ3n) is 4.47. The smallest absolute Gasteiger partial charge is 0.0344 e. The summed E-state index contributed by atoms with van der Waals surface area (Å²) in [4.78, 5) is 0. The molecular weight excluding hydrogens is 228 g/mol. The Balaban J connectivity index is 1.85. The zero-order chi connectivity index (χ0) is 11.8. The van der Waals surface area contributed by atoms with E-state index in [1.54, 1.807) is 0 Å². The summed E-state index contributed by atoms with van der Waals surface area (Å²) < 4.78 is 2.55. The number of nitrogens with two attached hydrogens (primary N) is 1. The number of hydrogen-bond donors (Lipinski definition) is 1. The molecular formula is C14H22N2S. The molecule has 0 aliphatic heterocycles. The van der Waals surface area contributed by atoms with Crippen molar-refractivity contribution in [1.29, 1.82) is 0 Å². The summed E-state index contributed by atoms with van der Waals surface area (Å²) in [5.41, 5.74) is 9.15. The van der Waals surface area contributed by atoms with Crippen molar-refractivity contribution in [2.24, 2.45) is 5.73 Å². The Morgan fingerprint density at radius 3 is 3.00 bits per heavy atom. The monoisotopic (exact) mass is 250 g/mol. The Bertz CT molecular complexity index is 399. The lowest BCUT2D eigenvalue weighted by atomic mass is 9.93. The van der Waals surface area contributed by atoms with E-state index in [4.69, 9.17) is 5.73 Å². The van der Waals surface area contributed by atoms with Crippen molar-refractivity contribution in [3.05, 3.63) is 23.5 Å². The van der Waals surface area contributed by atoms with E-state index in [-0.39, 0.29) is 6.04 Å². The molecule has 2 aliphatic carbocycles. The molecule has 0 bridgehead atoms. The average molecular weight is 250 g/mol. The van der Waals surface area contributed by atoms with Crippen LogP contribution >= 0.6 is 11.8 Å². The van der Waals surface area contributed by atoms with E-state index in [0.29, 0.717) is 0 Å². The first-order chi connectivity index (χ1) is 8.29. The van der Waals surface area contributed by atoms with Crippen LogP contribution in [0, 0.1) is 0 Å². The first kappa shape index (κ1) is 11.7. The molecule has 2 aliphatic rings. The second-order valence-corrected chi connectivity index (χ2v) is 6.59. The van der Waals surface area contributed by atoms with Gasteiger partial charge in [0.15, 0.2) is 0 Å². The molecule has 17 heavy (non-hydrogen) atoms. The first-order valence-electron chi connectivity index (χ1n) is 6.77. The van der Waals surface area contributed by atoms with Gasteiger partial charge in [0, 0.05) is 29.2 Å². The molecule has 3 unspecified atom stereocenters. The molecule has 0 spiro atoms. The molecule has 0 radical (unpaired) electrons. The van der Waals surface area contributed by atoms with E-state index in [0.717, 1.165) is 17.7 Å². The molecule has 0 saturated heterocycles. The second kappa shape index (κ2) is 4.69. The number of rotatable bonds is 2. The van der Waals surface area contributed by atoms with E-state index in [2.05, 4.69) is 23.1 Å². The van der Waals surface area contributed by atoms with Crippen LogP contribution < -0.4 is 5.73 Å². The Kier molecular flexibility index (Phi) is 3.22. The highest BCUT2D eigenvalue weighted by Gasteiger charge is 2.28. The predicted octanol–water partition coefficient (Wildman–Crippen LogP) is 3.28. The maximum Gasteiger partial charge on any atom is 0.0344 e. The van der Waals surface area contributed by atoms with Crippen LogP contribution in [0.5, 0.6) is 0 Å². The van der Waals surface area contributed by atoms with E-state index < -0.39 is 0 Å². The van der Waals surface area contributed by atoms with Gasteiger partial charge in [0.2, 0.25) is 0 Å². The normalized spacial score (nSPS) is 32.7. The molecule has 1 aromatic heterocycles. The van der Waals surface area contributed by atoms with Gasteiger partial charge in [0.25, 0.3) is 0 Å². The summed E-state index contributed by atoms with van der Waals surface area (Å²) in [6, 6.07) is 3.30. The van der Waals surface area contributed by atoms with Crippen LogP contribution in [0.4, 0.5) is 0 Å². The van der Waals surface area contributed by atoms with Gasteiger partial charge in [-0.2, -0.15) is 11.8 Å². The quantitative estimate of drug-likeness (QED) is 0.873. The lowest BCUT2D eigenvalue weighted by molar-refractivity contribution is 0.475. The molecule has 1 aromatic rings. The van der Waals surface area contributed by atoms with Gasteiger partial charge in [-0.05, 0) is 56.4 Å². The van der Waals surface area contributed by atoms with Gasteiger partial charge in [-0.15, -0.1) is 0 Å². The molecule has 0 amide bonds. The van der Waals surface area contributed by atoms with Gasteiger partial charge in [-0.3, -0.25) is 0 Å². The first-order valence-corrected chi connectivity index (χ1v) is 8.06. The summed E-state index contributed by atoms with van der Waals surface area (Å²) in [7, 11) is 0. The van der Waals surface area contributed by atoms with Gasteiger partial charge in [-0.1, -0.05) is 0 Å². The lowest BCUT2D eigenvalue weighted by Crippen LogP contribution is -2.19. The minimum absolute atomic E-state index is 0.290. The Morgan fingerprint density at radius 1 is 1.35 bits per heavy atom. The Morgan fingerprint density at radius 2 is 2.24 bits per heavy atom. The highest BCUT2D eigenvalue weighted by atomic mass is 32.2. The van der Waals surface area contributed by atoms with Gasteiger partial charge >= 0.3 is 0 Å². The van der Waals surface area contributed by atoms with Crippen molar-refractivity contribution < 1.29 is 0 Å². The number of hydrogen-bond acceptors (Lipinski definition) is 2. The molecule has 3 rings (SSSR count). The maximum atomic E-state index is 6.19. The van der Waals surface area contributed by atoms with E-state index in [9.17, 15) is 0 Å². The van der Waals surface area contributed by atoms with Crippen LogP contribution in [0.25, 0.3) is 0 Å². The van der Waals surface area contributed by atoms with Crippen LogP contribution in [0.1, 0.15) is 55.4 Å². The van der Waals surface area contributed by atoms with Gasteiger partial charge in [0.05, 0.1) is 0 Å². The van der Waals surface area contributed by atoms with Crippen molar-refractivity contribution >= 4 is 11.8 Å². The molecule has 0 aromatic carbocycles. The maximum absolute atomic E-state index is 6.19. The second-order valence-electron chi connectivity index (χ2n) is 5.45. The van der Waals surface area contributed by atoms with Gasteiger partial charge in [0.1, 0.15) is 0 Å². The molecule has 1 saturated carbocycles. The molecule has 3 atom stereocenters. The number of thioether (sulfide) groups is 1. The summed E-state index contributed by atoms with van der Waals surface area (Å²) in [6.45, 7) is 0. The van der Waals surface area contributed by atoms with E-state index >= 15 is 0 Å². The van der Waals surface area contributed by atoms with Gasteiger partial charge < -0.3 is 10.3 Å². The molecule has 2 nitrogen and oxygen atoms in total.